The molecule has 0 heterocycles. The largest absolute Gasteiger partial charge is 0.493 e. The Labute approximate surface area is 103 Å². The Kier molecular flexibility index (Phi) is 4.98. The van der Waals surface area contributed by atoms with Crippen LogP contribution in [0.3, 0.4) is 0 Å². The summed E-state index contributed by atoms with van der Waals surface area (Å²) >= 11 is 0. The third-order valence-corrected chi connectivity index (χ3v) is 2.36. The zero-order valence-corrected chi connectivity index (χ0v) is 9.79. The summed E-state index contributed by atoms with van der Waals surface area (Å²) in [5, 5.41) is 11.4. The van der Waals surface area contributed by atoms with E-state index in [1.54, 1.807) is 7.05 Å². The fourth-order valence-electron chi connectivity index (χ4n) is 1.39. The van der Waals surface area contributed by atoms with Gasteiger partial charge in [-0.05, 0) is 19.2 Å². The molecule has 0 bridgehead atoms. The molecule has 1 aromatic carbocycles. The minimum Gasteiger partial charge on any atom is -0.493 e. The normalized spacial score (nSPS) is 12.8. The highest BCUT2D eigenvalue weighted by atomic mass is 19.4. The number of alkyl halides is 3. The predicted molar refractivity (Wildman–Crippen MR) is 60.0 cm³/mol. The maximum Gasteiger partial charge on any atom is 0.419 e. The zero-order valence-electron chi connectivity index (χ0n) is 9.79. The van der Waals surface area contributed by atoms with Crippen LogP contribution < -0.4 is 10.1 Å². The number of benzene rings is 1. The number of nitriles is 1. The summed E-state index contributed by atoms with van der Waals surface area (Å²) in [6.07, 6.45) is -4.12. The van der Waals surface area contributed by atoms with Gasteiger partial charge in [-0.3, -0.25) is 0 Å². The fourth-order valence-corrected chi connectivity index (χ4v) is 1.39. The summed E-state index contributed by atoms with van der Waals surface area (Å²) in [5.74, 6) is -0.210. The van der Waals surface area contributed by atoms with Gasteiger partial charge in [-0.25, -0.2) is 0 Å². The van der Waals surface area contributed by atoms with E-state index in [-0.39, 0.29) is 12.4 Å². The average Bonchev–Trinajstić information content (AvgIpc) is 2.34. The van der Waals surface area contributed by atoms with Gasteiger partial charge < -0.3 is 10.1 Å². The predicted octanol–water partition coefficient (Wildman–Crippen LogP) is 2.59. The molecule has 0 aliphatic carbocycles. The minimum atomic E-state index is -4.44. The van der Waals surface area contributed by atoms with Crippen molar-refractivity contribution in [1.82, 2.24) is 5.32 Å². The molecule has 0 saturated carbocycles. The Morgan fingerprint density at radius 2 is 2.06 bits per heavy atom. The van der Waals surface area contributed by atoms with Crippen molar-refractivity contribution < 1.29 is 17.9 Å². The first-order valence-electron chi connectivity index (χ1n) is 5.35. The molecule has 18 heavy (non-hydrogen) atoms. The van der Waals surface area contributed by atoms with Crippen molar-refractivity contribution in [2.45, 2.75) is 18.6 Å². The van der Waals surface area contributed by atoms with Gasteiger partial charge in [-0.15, -0.1) is 0 Å². The van der Waals surface area contributed by atoms with Crippen LogP contribution in [0.2, 0.25) is 0 Å². The summed E-state index contributed by atoms with van der Waals surface area (Å²) in [5.41, 5.74) is -0.803. The third-order valence-electron chi connectivity index (χ3n) is 2.36. The molecular formula is C12H13F3N2O. The molecule has 0 radical (unpaired) electrons. The molecule has 1 N–H and O–H groups in total. The Bertz CT molecular complexity index is 426. The van der Waals surface area contributed by atoms with Crippen LogP contribution >= 0.6 is 0 Å². The number of para-hydroxylation sites is 1. The van der Waals surface area contributed by atoms with Gasteiger partial charge in [0.1, 0.15) is 5.75 Å². The first kappa shape index (κ1) is 14.3. The number of ether oxygens (including phenoxy) is 1. The molecule has 0 aromatic heterocycles. The molecule has 1 unspecified atom stereocenters. The van der Waals surface area contributed by atoms with E-state index in [0.717, 1.165) is 6.07 Å². The van der Waals surface area contributed by atoms with Crippen molar-refractivity contribution in [2.24, 2.45) is 0 Å². The number of hydrogen-bond acceptors (Lipinski definition) is 3. The number of hydrogen-bond donors (Lipinski definition) is 1. The second-order valence-electron chi connectivity index (χ2n) is 3.60. The van der Waals surface area contributed by atoms with Crippen LogP contribution in [0.5, 0.6) is 5.75 Å². The molecule has 0 aliphatic rings. The Hall–Kier alpha value is -1.74. The van der Waals surface area contributed by atoms with Crippen molar-refractivity contribution in [2.75, 3.05) is 13.7 Å². The third kappa shape index (κ3) is 3.93. The van der Waals surface area contributed by atoms with Crippen molar-refractivity contribution in [3.8, 4) is 11.8 Å². The Morgan fingerprint density at radius 3 is 2.61 bits per heavy atom. The molecular weight excluding hydrogens is 245 g/mol. The van der Waals surface area contributed by atoms with Crippen LogP contribution in [-0.2, 0) is 6.18 Å². The lowest BCUT2D eigenvalue weighted by atomic mass is 10.2. The van der Waals surface area contributed by atoms with E-state index in [4.69, 9.17) is 10.00 Å². The van der Waals surface area contributed by atoms with Crippen LogP contribution in [0.15, 0.2) is 24.3 Å². The maximum absolute atomic E-state index is 12.6. The van der Waals surface area contributed by atoms with Gasteiger partial charge in [-0.1, -0.05) is 12.1 Å². The number of rotatable bonds is 5. The van der Waals surface area contributed by atoms with Crippen LogP contribution in [0.4, 0.5) is 13.2 Å². The highest BCUT2D eigenvalue weighted by Gasteiger charge is 2.33. The lowest BCUT2D eigenvalue weighted by Crippen LogP contribution is -2.25. The van der Waals surface area contributed by atoms with Gasteiger partial charge in [0.2, 0.25) is 0 Å². The van der Waals surface area contributed by atoms with E-state index in [2.05, 4.69) is 5.32 Å². The van der Waals surface area contributed by atoms with Gasteiger partial charge in [-0.2, -0.15) is 18.4 Å². The number of nitrogens with one attached hydrogen (secondary N) is 1. The van der Waals surface area contributed by atoms with E-state index in [1.807, 2.05) is 6.07 Å². The molecule has 1 aromatic rings. The van der Waals surface area contributed by atoms with E-state index in [0.29, 0.717) is 6.42 Å². The van der Waals surface area contributed by atoms with Gasteiger partial charge in [0.05, 0.1) is 24.3 Å². The highest BCUT2D eigenvalue weighted by molar-refractivity contribution is 5.35. The minimum absolute atomic E-state index is 0.0478. The number of nitrogens with zero attached hydrogens (tertiary/aromatic N) is 1. The molecule has 1 rings (SSSR count). The Morgan fingerprint density at radius 1 is 1.39 bits per heavy atom. The molecule has 98 valence electrons. The summed E-state index contributed by atoms with van der Waals surface area (Å²) in [6.45, 7) is 0.0478. The summed E-state index contributed by atoms with van der Waals surface area (Å²) in [6, 6.07) is 6.56. The molecule has 0 amide bonds. The highest BCUT2D eigenvalue weighted by Crippen LogP contribution is 2.35. The monoisotopic (exact) mass is 258 g/mol. The standard InChI is InChI=1S/C12H13F3N2O/c1-17-9(8-16)6-7-18-11-5-3-2-4-10(11)12(13,14)15/h2-5,9,17H,6-7H2,1H3. The fraction of sp³-hybridized carbons (Fsp3) is 0.417. The quantitative estimate of drug-likeness (QED) is 0.882. The number of halogens is 3. The average molecular weight is 258 g/mol. The first-order valence-corrected chi connectivity index (χ1v) is 5.35. The maximum atomic E-state index is 12.6. The second kappa shape index (κ2) is 6.26. The van der Waals surface area contributed by atoms with Crippen molar-refractivity contribution in [3.63, 3.8) is 0 Å². The van der Waals surface area contributed by atoms with Crippen molar-refractivity contribution >= 4 is 0 Å². The van der Waals surface area contributed by atoms with Crippen molar-refractivity contribution in [3.05, 3.63) is 29.8 Å². The van der Waals surface area contributed by atoms with Crippen LogP contribution in [-0.4, -0.2) is 19.7 Å². The Balaban J connectivity index is 2.66. The van der Waals surface area contributed by atoms with Gasteiger partial charge in [0, 0.05) is 6.42 Å². The lowest BCUT2D eigenvalue weighted by molar-refractivity contribution is -0.138. The molecule has 1 atom stereocenters. The molecule has 0 saturated heterocycles. The molecule has 0 aliphatic heterocycles. The second-order valence-corrected chi connectivity index (χ2v) is 3.60. The van der Waals surface area contributed by atoms with Crippen LogP contribution in [0.1, 0.15) is 12.0 Å². The lowest BCUT2D eigenvalue weighted by Gasteiger charge is -2.14. The summed E-state index contributed by atoms with van der Waals surface area (Å²) in [4.78, 5) is 0. The van der Waals surface area contributed by atoms with Gasteiger partial charge in [0.25, 0.3) is 0 Å². The SMILES string of the molecule is CNC(C#N)CCOc1ccccc1C(F)(F)F. The van der Waals surface area contributed by atoms with E-state index in [9.17, 15) is 13.2 Å². The summed E-state index contributed by atoms with van der Waals surface area (Å²) in [7, 11) is 1.61. The zero-order chi connectivity index (χ0) is 13.6. The molecule has 3 nitrogen and oxygen atoms in total. The van der Waals surface area contributed by atoms with Crippen LogP contribution in [0, 0.1) is 11.3 Å². The van der Waals surface area contributed by atoms with Crippen molar-refractivity contribution in [1.29, 1.82) is 5.26 Å². The first-order chi connectivity index (χ1) is 8.49. The molecule has 0 spiro atoms. The van der Waals surface area contributed by atoms with E-state index >= 15 is 0 Å². The van der Waals surface area contributed by atoms with Crippen LogP contribution in [0.25, 0.3) is 0 Å². The van der Waals surface area contributed by atoms with Gasteiger partial charge >= 0.3 is 6.18 Å². The smallest absolute Gasteiger partial charge is 0.419 e. The molecule has 0 fully saturated rings. The molecule has 6 heteroatoms. The van der Waals surface area contributed by atoms with Gasteiger partial charge in [0.15, 0.2) is 0 Å². The summed E-state index contributed by atoms with van der Waals surface area (Å²) < 4.78 is 43.0. The van der Waals surface area contributed by atoms with E-state index in [1.165, 1.54) is 18.2 Å². The topological polar surface area (TPSA) is 45.0 Å². The van der Waals surface area contributed by atoms with E-state index < -0.39 is 17.8 Å².